The van der Waals surface area contributed by atoms with Gasteiger partial charge >= 0.3 is 0 Å². The Labute approximate surface area is 301 Å². The highest BCUT2D eigenvalue weighted by atomic mass is 15.2. The van der Waals surface area contributed by atoms with Gasteiger partial charge in [0, 0.05) is 28.4 Å². The lowest BCUT2D eigenvalue weighted by molar-refractivity contribution is 0.627. The highest BCUT2D eigenvalue weighted by Crippen LogP contribution is 2.57. The van der Waals surface area contributed by atoms with Crippen molar-refractivity contribution < 1.29 is 0 Å². The van der Waals surface area contributed by atoms with Crippen LogP contribution in [0.2, 0.25) is 0 Å². The molecule has 1 heterocycles. The molecule has 6 aromatic rings. The molecule has 10 rings (SSSR count). The van der Waals surface area contributed by atoms with Gasteiger partial charge in [-0.3, -0.25) is 0 Å². The van der Waals surface area contributed by atoms with Gasteiger partial charge in [0.1, 0.15) is 0 Å². The molecule has 2 unspecified atom stereocenters. The topological polar surface area (TPSA) is 3.24 Å². The predicted octanol–water partition coefficient (Wildman–Crippen LogP) is 10.9. The number of hydrogen-bond donors (Lipinski definition) is 0. The lowest BCUT2D eigenvalue weighted by atomic mass is 9.70. The van der Waals surface area contributed by atoms with Crippen LogP contribution in [-0.4, -0.2) is 0 Å². The normalized spacial score (nSPS) is 19.8. The van der Waals surface area contributed by atoms with E-state index in [0.717, 1.165) is 0 Å². The SMILES string of the molecule is CC1(C)c2ccccc2-c2cc3c(cc21)N(c1ccc(C2=c4ccccc4=C(c4ccccc4)C4C=CC=CC24)cc1)c1ccccc1C3(C)C. The molecule has 1 heteroatoms. The number of rotatable bonds is 3. The van der Waals surface area contributed by atoms with E-state index in [4.69, 9.17) is 0 Å². The number of fused-ring (bicyclic) bond motifs is 7. The summed E-state index contributed by atoms with van der Waals surface area (Å²) in [6, 6.07) is 52.4. The van der Waals surface area contributed by atoms with Crippen LogP contribution in [0.3, 0.4) is 0 Å². The van der Waals surface area contributed by atoms with Gasteiger partial charge in [0.15, 0.2) is 0 Å². The second-order valence-electron chi connectivity index (χ2n) is 15.7. The van der Waals surface area contributed by atoms with Crippen LogP contribution in [0, 0.1) is 11.8 Å². The van der Waals surface area contributed by atoms with Crippen LogP contribution < -0.4 is 15.3 Å². The van der Waals surface area contributed by atoms with Crippen molar-refractivity contribution in [3.05, 3.63) is 208 Å². The molecule has 1 nitrogen and oxygen atoms in total. The maximum Gasteiger partial charge on any atom is 0.0506 e. The molecule has 0 radical (unpaired) electrons. The van der Waals surface area contributed by atoms with Crippen molar-refractivity contribution >= 4 is 28.2 Å². The van der Waals surface area contributed by atoms with Gasteiger partial charge in [0.2, 0.25) is 0 Å². The van der Waals surface area contributed by atoms with Crippen LogP contribution in [0.25, 0.3) is 22.3 Å². The van der Waals surface area contributed by atoms with E-state index in [0.29, 0.717) is 0 Å². The maximum absolute atomic E-state index is 2.52. The Bertz CT molecular complexity index is 2580. The van der Waals surface area contributed by atoms with E-state index in [1.165, 1.54) is 83.2 Å². The third kappa shape index (κ3) is 4.28. The molecule has 51 heavy (non-hydrogen) atoms. The number of anilines is 3. The smallest absolute Gasteiger partial charge is 0.0506 e. The van der Waals surface area contributed by atoms with Crippen LogP contribution in [0.5, 0.6) is 0 Å². The first kappa shape index (κ1) is 30.2. The van der Waals surface area contributed by atoms with Crippen molar-refractivity contribution in [2.45, 2.75) is 38.5 Å². The molecule has 2 atom stereocenters. The highest BCUT2D eigenvalue weighted by Gasteiger charge is 2.42. The predicted molar refractivity (Wildman–Crippen MR) is 213 cm³/mol. The van der Waals surface area contributed by atoms with E-state index in [9.17, 15) is 0 Å². The van der Waals surface area contributed by atoms with Gasteiger partial charge < -0.3 is 4.90 Å². The summed E-state index contributed by atoms with van der Waals surface area (Å²) in [5, 5.41) is 2.67. The molecule has 3 aliphatic carbocycles. The number of benzene rings is 6. The zero-order valence-corrected chi connectivity index (χ0v) is 29.7. The van der Waals surface area contributed by atoms with Crippen molar-refractivity contribution in [2.75, 3.05) is 4.90 Å². The van der Waals surface area contributed by atoms with Gasteiger partial charge in [-0.05, 0) is 96.4 Å². The van der Waals surface area contributed by atoms with E-state index >= 15 is 0 Å². The van der Waals surface area contributed by atoms with E-state index in [1.54, 1.807) is 0 Å². The van der Waals surface area contributed by atoms with Gasteiger partial charge in [-0.15, -0.1) is 0 Å². The fourth-order valence-corrected chi connectivity index (χ4v) is 9.75. The number of nitrogens with zero attached hydrogens (tertiary/aromatic N) is 1. The Hall–Kier alpha value is -5.66. The zero-order valence-electron chi connectivity index (χ0n) is 29.7. The van der Waals surface area contributed by atoms with E-state index in [2.05, 4.69) is 196 Å². The monoisotopic (exact) mass is 655 g/mol. The van der Waals surface area contributed by atoms with Crippen LogP contribution >= 0.6 is 0 Å². The summed E-state index contributed by atoms with van der Waals surface area (Å²) in [5.74, 6) is 0.536. The van der Waals surface area contributed by atoms with Crippen molar-refractivity contribution in [2.24, 2.45) is 11.8 Å². The number of hydrogen-bond acceptors (Lipinski definition) is 1. The number of para-hydroxylation sites is 1. The fourth-order valence-electron chi connectivity index (χ4n) is 9.75. The Kier molecular flexibility index (Phi) is 6.46. The fraction of sp³-hybridized carbons (Fsp3) is 0.160. The van der Waals surface area contributed by atoms with Crippen molar-refractivity contribution in [3.63, 3.8) is 0 Å². The van der Waals surface area contributed by atoms with Gasteiger partial charge in [-0.25, -0.2) is 0 Å². The van der Waals surface area contributed by atoms with Crippen molar-refractivity contribution in [3.8, 4) is 11.1 Å². The molecule has 0 spiro atoms. The Morgan fingerprint density at radius 1 is 0.431 bits per heavy atom. The first-order chi connectivity index (χ1) is 24.8. The lowest BCUT2D eigenvalue weighted by Crippen LogP contribution is -2.40. The summed E-state index contributed by atoms with van der Waals surface area (Å²) in [6.45, 7) is 9.55. The Balaban J connectivity index is 1.17. The second-order valence-corrected chi connectivity index (χ2v) is 15.7. The van der Waals surface area contributed by atoms with Crippen LogP contribution in [0.4, 0.5) is 17.1 Å². The molecule has 0 saturated heterocycles. The summed E-state index contributed by atoms with van der Waals surface area (Å²) in [7, 11) is 0. The average molecular weight is 656 g/mol. The summed E-state index contributed by atoms with van der Waals surface area (Å²) < 4.78 is 0. The van der Waals surface area contributed by atoms with Gasteiger partial charge in [0.05, 0.1) is 11.4 Å². The van der Waals surface area contributed by atoms with Gasteiger partial charge in [-0.1, -0.05) is 161 Å². The molecule has 0 N–H and O–H groups in total. The molecule has 0 saturated carbocycles. The van der Waals surface area contributed by atoms with Crippen LogP contribution in [0.1, 0.15) is 61.1 Å². The Morgan fingerprint density at radius 2 is 0.980 bits per heavy atom. The third-order valence-electron chi connectivity index (χ3n) is 12.3. The molecule has 0 bridgehead atoms. The zero-order chi connectivity index (χ0) is 34.5. The maximum atomic E-state index is 2.52. The highest BCUT2D eigenvalue weighted by molar-refractivity contribution is 5.92. The summed E-state index contributed by atoms with van der Waals surface area (Å²) in [4.78, 5) is 2.52. The minimum Gasteiger partial charge on any atom is -0.310 e. The summed E-state index contributed by atoms with van der Waals surface area (Å²) in [6.07, 6.45) is 9.26. The first-order valence-corrected chi connectivity index (χ1v) is 18.4. The molecular formula is C50H41N. The molecule has 0 amide bonds. The van der Waals surface area contributed by atoms with E-state index < -0.39 is 0 Å². The molecule has 4 aliphatic rings. The molecular weight excluding hydrogens is 615 g/mol. The minimum absolute atomic E-state index is 0.0727. The molecule has 6 aromatic carbocycles. The lowest BCUT2D eigenvalue weighted by Gasteiger charge is -2.43. The standard InChI is InChI=1S/C50H41N/c1-49(2)41-23-13-12-18-35(41)40-30-44-46(31-43(40)49)51(45-25-15-14-24-42(45)50(44,3)4)34-28-26-33(27-29-34)48-38-21-10-8-19-36(38)47(32-16-6-5-7-17-32)37-20-9-11-22-39(37)48/h5-31,36,38H,1-4H3. The van der Waals surface area contributed by atoms with Gasteiger partial charge in [-0.2, -0.15) is 0 Å². The van der Waals surface area contributed by atoms with E-state index in [-0.39, 0.29) is 22.7 Å². The summed E-state index contributed by atoms with van der Waals surface area (Å²) in [5.41, 5.74) is 17.2. The molecule has 0 aromatic heterocycles. The van der Waals surface area contributed by atoms with Crippen molar-refractivity contribution in [1.29, 1.82) is 0 Å². The second kappa shape index (κ2) is 10.9. The third-order valence-corrected chi connectivity index (χ3v) is 12.3. The van der Waals surface area contributed by atoms with Crippen molar-refractivity contribution in [1.82, 2.24) is 0 Å². The van der Waals surface area contributed by atoms with E-state index in [1.807, 2.05) is 0 Å². The quantitative estimate of drug-likeness (QED) is 0.183. The molecule has 1 aliphatic heterocycles. The van der Waals surface area contributed by atoms with Crippen LogP contribution in [-0.2, 0) is 10.8 Å². The average Bonchev–Trinajstić information content (AvgIpc) is 3.39. The molecule has 246 valence electrons. The van der Waals surface area contributed by atoms with Gasteiger partial charge in [0.25, 0.3) is 0 Å². The van der Waals surface area contributed by atoms with Crippen LogP contribution in [0.15, 0.2) is 164 Å². The minimum atomic E-state index is -0.149. The summed E-state index contributed by atoms with van der Waals surface area (Å²) >= 11 is 0. The number of allylic oxidation sites excluding steroid dienone is 4. The largest absolute Gasteiger partial charge is 0.310 e. The Morgan fingerprint density at radius 3 is 1.67 bits per heavy atom. The molecule has 0 fully saturated rings. The first-order valence-electron chi connectivity index (χ1n) is 18.4.